The summed E-state index contributed by atoms with van der Waals surface area (Å²) in [6.45, 7) is -0.440. The first-order valence-electron chi connectivity index (χ1n) is 7.13. The first-order chi connectivity index (χ1) is 11.5. The van der Waals surface area contributed by atoms with Crippen LogP contribution >= 0.6 is 27.7 Å². The highest BCUT2D eigenvalue weighted by Gasteiger charge is 2.10. The fourth-order valence-corrected chi connectivity index (χ4v) is 2.95. The number of thioether (sulfide) groups is 1. The maximum atomic E-state index is 13.6. The quantitative estimate of drug-likeness (QED) is 0.546. The molecule has 0 spiro atoms. The zero-order valence-electron chi connectivity index (χ0n) is 12.6. The third-order valence-corrected chi connectivity index (χ3v) is 4.39. The van der Waals surface area contributed by atoms with Crippen molar-refractivity contribution in [3.8, 4) is 0 Å². The van der Waals surface area contributed by atoms with E-state index in [0.717, 1.165) is 4.90 Å². The van der Waals surface area contributed by atoms with Crippen LogP contribution in [0.1, 0.15) is 6.42 Å². The Hall–Kier alpha value is -1.86. The maximum absolute atomic E-state index is 13.6. The summed E-state index contributed by atoms with van der Waals surface area (Å²) < 4.78 is 19.0. The molecule has 0 aromatic heterocycles. The third kappa shape index (κ3) is 6.33. The summed E-state index contributed by atoms with van der Waals surface area (Å²) in [5.74, 6) is -1.06. The van der Waals surface area contributed by atoms with Gasteiger partial charge in [0.2, 0.25) is 0 Å². The van der Waals surface area contributed by atoms with E-state index >= 15 is 0 Å². The molecule has 0 unspecified atom stereocenters. The topological polar surface area (TPSA) is 55.4 Å². The molecule has 24 heavy (non-hydrogen) atoms. The highest BCUT2D eigenvalue weighted by atomic mass is 79.9. The Kier molecular flexibility index (Phi) is 7.27. The van der Waals surface area contributed by atoms with Crippen LogP contribution in [-0.4, -0.2) is 24.2 Å². The minimum absolute atomic E-state index is 0.0406. The molecule has 1 N–H and O–H groups in total. The molecule has 126 valence electrons. The number of ether oxygens (including phenoxy) is 1. The van der Waals surface area contributed by atoms with Gasteiger partial charge in [-0.05, 0) is 30.3 Å². The summed E-state index contributed by atoms with van der Waals surface area (Å²) in [5.41, 5.74) is 0.0406. The maximum Gasteiger partial charge on any atom is 0.307 e. The van der Waals surface area contributed by atoms with Crippen LogP contribution in [0.4, 0.5) is 10.1 Å². The summed E-state index contributed by atoms with van der Waals surface area (Å²) in [6, 6.07) is 13.9. The van der Waals surface area contributed by atoms with E-state index in [2.05, 4.69) is 21.2 Å². The second kappa shape index (κ2) is 9.44. The standard InChI is InChI=1S/C17H15BrFNO3S/c18-12-6-7-15(14(19)10-12)20-16(21)11-23-17(22)8-9-24-13-4-2-1-3-5-13/h1-7,10H,8-9,11H2,(H,20,21). The molecule has 0 bridgehead atoms. The van der Waals surface area contributed by atoms with E-state index in [4.69, 9.17) is 4.74 Å². The molecule has 4 nitrogen and oxygen atoms in total. The van der Waals surface area contributed by atoms with Gasteiger partial charge in [-0.15, -0.1) is 11.8 Å². The molecule has 0 aliphatic rings. The molecule has 0 heterocycles. The second-order valence-corrected chi connectivity index (χ2v) is 6.83. The van der Waals surface area contributed by atoms with Crippen molar-refractivity contribution in [2.45, 2.75) is 11.3 Å². The summed E-state index contributed by atoms with van der Waals surface area (Å²) in [4.78, 5) is 24.3. The summed E-state index contributed by atoms with van der Waals surface area (Å²) >= 11 is 4.66. The van der Waals surface area contributed by atoms with Crippen molar-refractivity contribution in [3.05, 3.63) is 58.8 Å². The number of rotatable bonds is 7. The third-order valence-electron chi connectivity index (χ3n) is 2.89. The lowest BCUT2D eigenvalue weighted by Gasteiger charge is -2.07. The van der Waals surface area contributed by atoms with Crippen molar-refractivity contribution in [1.29, 1.82) is 0 Å². The number of benzene rings is 2. The predicted molar refractivity (Wildman–Crippen MR) is 95.5 cm³/mol. The fraction of sp³-hybridized carbons (Fsp3) is 0.176. The van der Waals surface area contributed by atoms with Crippen LogP contribution in [0, 0.1) is 5.82 Å². The van der Waals surface area contributed by atoms with Crippen molar-refractivity contribution < 1.29 is 18.7 Å². The number of hydrogen-bond acceptors (Lipinski definition) is 4. The molecule has 1 amide bonds. The summed E-state index contributed by atoms with van der Waals surface area (Å²) in [5, 5.41) is 2.36. The van der Waals surface area contributed by atoms with Crippen molar-refractivity contribution in [1.82, 2.24) is 0 Å². The number of carbonyl (C=O) groups is 2. The Bertz CT molecular complexity index is 712. The van der Waals surface area contributed by atoms with Gasteiger partial charge in [-0.25, -0.2) is 4.39 Å². The zero-order chi connectivity index (χ0) is 17.4. The van der Waals surface area contributed by atoms with Gasteiger partial charge in [-0.3, -0.25) is 9.59 Å². The van der Waals surface area contributed by atoms with Gasteiger partial charge in [0.05, 0.1) is 12.1 Å². The lowest BCUT2D eigenvalue weighted by atomic mass is 10.3. The molecule has 0 atom stereocenters. The van der Waals surface area contributed by atoms with Crippen molar-refractivity contribution in [3.63, 3.8) is 0 Å². The Morgan fingerprint density at radius 3 is 2.62 bits per heavy atom. The summed E-state index contributed by atoms with van der Waals surface area (Å²) in [6.07, 6.45) is 0.194. The van der Waals surface area contributed by atoms with Crippen LogP contribution in [0.3, 0.4) is 0 Å². The van der Waals surface area contributed by atoms with Gasteiger partial charge in [-0.1, -0.05) is 34.1 Å². The number of esters is 1. The lowest BCUT2D eigenvalue weighted by Crippen LogP contribution is -2.21. The minimum atomic E-state index is -0.583. The highest BCUT2D eigenvalue weighted by Crippen LogP contribution is 2.19. The molecule has 0 aliphatic heterocycles. The van der Waals surface area contributed by atoms with Crippen LogP contribution in [0.25, 0.3) is 0 Å². The van der Waals surface area contributed by atoms with Crippen molar-refractivity contribution in [2.75, 3.05) is 17.7 Å². The van der Waals surface area contributed by atoms with Crippen molar-refractivity contribution >= 4 is 45.3 Å². The molecule has 0 fully saturated rings. The molecule has 0 saturated carbocycles. The molecule has 2 rings (SSSR count). The summed E-state index contributed by atoms with van der Waals surface area (Å²) in [7, 11) is 0. The van der Waals surface area contributed by atoms with E-state index in [-0.39, 0.29) is 12.1 Å². The molecule has 2 aromatic carbocycles. The van der Waals surface area contributed by atoms with Crippen molar-refractivity contribution in [2.24, 2.45) is 0 Å². The molecule has 7 heteroatoms. The molecule has 0 aliphatic carbocycles. The average molecular weight is 412 g/mol. The van der Waals surface area contributed by atoms with Crippen LogP contribution in [0.15, 0.2) is 57.9 Å². The van der Waals surface area contributed by atoms with Gasteiger partial charge >= 0.3 is 5.97 Å². The van der Waals surface area contributed by atoms with Gasteiger partial charge < -0.3 is 10.1 Å². The number of nitrogens with one attached hydrogen (secondary N) is 1. The molecule has 2 aromatic rings. The van der Waals surface area contributed by atoms with Gasteiger partial charge in [0.15, 0.2) is 6.61 Å². The largest absolute Gasteiger partial charge is 0.456 e. The first-order valence-corrected chi connectivity index (χ1v) is 8.91. The molecule has 0 radical (unpaired) electrons. The Balaban J connectivity index is 1.68. The van der Waals surface area contributed by atoms with E-state index < -0.39 is 24.3 Å². The fourth-order valence-electron chi connectivity index (χ4n) is 1.76. The first kappa shape index (κ1) is 18.5. The van der Waals surface area contributed by atoms with Gasteiger partial charge in [0, 0.05) is 15.1 Å². The van der Waals surface area contributed by atoms with E-state index in [1.165, 1.54) is 23.9 Å². The van der Waals surface area contributed by atoms with Crippen LogP contribution in [0.2, 0.25) is 0 Å². The van der Waals surface area contributed by atoms with E-state index in [9.17, 15) is 14.0 Å². The van der Waals surface area contributed by atoms with Crippen LogP contribution in [-0.2, 0) is 14.3 Å². The number of amides is 1. The van der Waals surface area contributed by atoms with Gasteiger partial charge in [0.1, 0.15) is 5.82 Å². The monoisotopic (exact) mass is 411 g/mol. The SMILES string of the molecule is O=C(COC(=O)CCSc1ccccc1)Nc1ccc(Br)cc1F. The number of anilines is 1. The lowest BCUT2D eigenvalue weighted by molar-refractivity contribution is -0.146. The predicted octanol–water partition coefficient (Wildman–Crippen LogP) is 4.25. The normalized spacial score (nSPS) is 10.2. The molecule has 0 saturated heterocycles. The second-order valence-electron chi connectivity index (χ2n) is 4.74. The van der Waals surface area contributed by atoms with Crippen LogP contribution < -0.4 is 5.32 Å². The molecular weight excluding hydrogens is 397 g/mol. The van der Waals surface area contributed by atoms with Crippen LogP contribution in [0.5, 0.6) is 0 Å². The van der Waals surface area contributed by atoms with Gasteiger partial charge in [-0.2, -0.15) is 0 Å². The Morgan fingerprint density at radius 2 is 1.92 bits per heavy atom. The average Bonchev–Trinajstić information content (AvgIpc) is 2.56. The van der Waals surface area contributed by atoms with Gasteiger partial charge in [0.25, 0.3) is 5.91 Å². The molecular formula is C17H15BrFNO3S. The van der Waals surface area contributed by atoms with E-state index in [1.54, 1.807) is 6.07 Å². The van der Waals surface area contributed by atoms with E-state index in [1.807, 2.05) is 30.3 Å². The Morgan fingerprint density at radius 1 is 1.17 bits per heavy atom. The highest BCUT2D eigenvalue weighted by molar-refractivity contribution is 9.10. The van der Waals surface area contributed by atoms with E-state index in [0.29, 0.717) is 10.2 Å². The number of halogens is 2. The number of hydrogen-bond donors (Lipinski definition) is 1. The number of carbonyl (C=O) groups excluding carboxylic acids is 2. The zero-order valence-corrected chi connectivity index (χ0v) is 15.0. The Labute approximate surface area is 151 Å². The minimum Gasteiger partial charge on any atom is -0.456 e. The smallest absolute Gasteiger partial charge is 0.307 e.